The number of hydrogen-bond acceptors (Lipinski definition) is 2. The van der Waals surface area contributed by atoms with E-state index in [1.165, 1.54) is 0 Å². The number of carboxylic acid groups (broad SMARTS) is 1. The van der Waals surface area contributed by atoms with Gasteiger partial charge >= 0.3 is 5.97 Å². The van der Waals surface area contributed by atoms with Crippen molar-refractivity contribution in [3.63, 3.8) is 0 Å². The van der Waals surface area contributed by atoms with Gasteiger partial charge < -0.3 is 5.11 Å². The van der Waals surface area contributed by atoms with Gasteiger partial charge in [-0.25, -0.2) is 0 Å². The number of carboxylic acids is 1. The van der Waals surface area contributed by atoms with Crippen molar-refractivity contribution in [3.8, 4) is 0 Å². The minimum absolute atomic E-state index is 0.0294. The largest absolute Gasteiger partial charge is 0.481 e. The summed E-state index contributed by atoms with van der Waals surface area (Å²) in [7, 11) is 0. The van der Waals surface area contributed by atoms with Gasteiger partial charge in [-0.2, -0.15) is 0 Å². The lowest BCUT2D eigenvalue weighted by molar-refractivity contribution is -0.139. The van der Waals surface area contributed by atoms with Crippen LogP contribution in [0.1, 0.15) is 29.9 Å². The molecule has 0 saturated carbocycles. The molecule has 0 bridgehead atoms. The third kappa shape index (κ3) is 2.02. The number of fused-ring (bicyclic) bond motifs is 1. The molecule has 0 aromatic heterocycles. The van der Waals surface area contributed by atoms with E-state index in [4.69, 9.17) is 5.11 Å². The van der Waals surface area contributed by atoms with Crippen LogP contribution in [-0.4, -0.2) is 16.9 Å². The molecule has 3 nitrogen and oxygen atoms in total. The third-order valence-corrected chi connectivity index (χ3v) is 3.59. The Hall–Kier alpha value is -1.16. The molecule has 1 N–H and O–H groups in total. The quantitative estimate of drug-likeness (QED) is 0.907. The first-order valence-corrected chi connectivity index (χ1v) is 5.90. The molecule has 1 unspecified atom stereocenters. The van der Waals surface area contributed by atoms with Gasteiger partial charge in [0.2, 0.25) is 0 Å². The van der Waals surface area contributed by atoms with E-state index in [0.717, 1.165) is 15.6 Å². The third-order valence-electron chi connectivity index (χ3n) is 2.90. The van der Waals surface area contributed by atoms with Gasteiger partial charge in [-0.05, 0) is 23.6 Å². The van der Waals surface area contributed by atoms with Crippen LogP contribution >= 0.6 is 15.9 Å². The minimum Gasteiger partial charge on any atom is -0.481 e. The zero-order chi connectivity index (χ0) is 11.7. The Morgan fingerprint density at radius 1 is 1.44 bits per heavy atom. The second-order valence-electron chi connectivity index (χ2n) is 3.93. The van der Waals surface area contributed by atoms with Gasteiger partial charge in [-0.15, -0.1) is 0 Å². The highest BCUT2D eigenvalue weighted by atomic mass is 79.9. The molecule has 0 amide bonds. The highest BCUT2D eigenvalue weighted by Gasteiger charge is 2.30. The van der Waals surface area contributed by atoms with Gasteiger partial charge in [0.25, 0.3) is 0 Å². The van der Waals surface area contributed by atoms with Crippen molar-refractivity contribution < 1.29 is 14.7 Å². The summed E-state index contributed by atoms with van der Waals surface area (Å²) in [6.07, 6.45) is 1.04. The van der Waals surface area contributed by atoms with Gasteiger partial charge in [0.15, 0.2) is 0 Å². The molecule has 16 heavy (non-hydrogen) atoms. The lowest BCUT2D eigenvalue weighted by Crippen LogP contribution is -2.23. The van der Waals surface area contributed by atoms with Gasteiger partial charge in [0, 0.05) is 10.9 Å². The summed E-state index contributed by atoms with van der Waals surface area (Å²) in [6, 6.07) is 5.73. The maximum absolute atomic E-state index is 11.8. The maximum Gasteiger partial charge on any atom is 0.304 e. The lowest BCUT2D eigenvalue weighted by atomic mass is 9.80. The molecule has 0 radical (unpaired) electrons. The Balaban J connectivity index is 2.46. The molecular formula is C12H11BrO3. The molecule has 0 heterocycles. The van der Waals surface area contributed by atoms with Gasteiger partial charge in [-0.1, -0.05) is 28.1 Å². The molecule has 1 aromatic carbocycles. The van der Waals surface area contributed by atoms with E-state index < -0.39 is 11.9 Å². The van der Waals surface area contributed by atoms with Crippen molar-refractivity contribution in [2.75, 3.05) is 0 Å². The summed E-state index contributed by atoms with van der Waals surface area (Å²) in [5, 5.41) is 8.83. The first-order valence-electron chi connectivity index (χ1n) is 5.11. The topological polar surface area (TPSA) is 54.4 Å². The molecular weight excluding hydrogens is 272 g/mol. The van der Waals surface area contributed by atoms with Crippen LogP contribution in [0.4, 0.5) is 0 Å². The number of carbonyl (C=O) groups excluding carboxylic acids is 1. The van der Waals surface area contributed by atoms with Gasteiger partial charge in [0.05, 0.1) is 12.3 Å². The molecule has 4 heteroatoms. The first-order chi connectivity index (χ1) is 7.59. The van der Waals surface area contributed by atoms with Crippen LogP contribution < -0.4 is 0 Å². The summed E-state index contributed by atoms with van der Waals surface area (Å²) >= 11 is 3.39. The number of rotatable bonds is 2. The van der Waals surface area contributed by atoms with Crippen LogP contribution in [0, 0.1) is 0 Å². The summed E-state index contributed by atoms with van der Waals surface area (Å²) in [5.41, 5.74) is 1.95. The normalized spacial score (nSPS) is 19.3. The number of hydrogen-bond donors (Lipinski definition) is 1. The predicted molar refractivity (Wildman–Crippen MR) is 62.5 cm³/mol. The molecule has 84 valence electrons. The standard InChI is InChI=1S/C12H11BrO3/c13-9-3-1-2-7-4-5-10(14)8(12(7)9)6-11(15)16/h1-3,8H,4-6H2,(H,15,16). The maximum atomic E-state index is 11.8. The van der Waals surface area contributed by atoms with Crippen LogP contribution in [0.15, 0.2) is 22.7 Å². The summed E-state index contributed by atoms with van der Waals surface area (Å²) in [6.45, 7) is 0. The van der Waals surface area contributed by atoms with E-state index in [1.54, 1.807) is 0 Å². The molecule has 0 fully saturated rings. The number of ketones is 1. The molecule has 1 aliphatic carbocycles. The van der Waals surface area contributed by atoms with Crippen molar-refractivity contribution >= 4 is 27.7 Å². The zero-order valence-corrected chi connectivity index (χ0v) is 10.2. The second kappa shape index (κ2) is 4.37. The van der Waals surface area contributed by atoms with Crippen molar-refractivity contribution in [1.82, 2.24) is 0 Å². The minimum atomic E-state index is -0.929. The number of aryl methyl sites for hydroxylation is 1. The monoisotopic (exact) mass is 282 g/mol. The number of aliphatic carboxylic acids is 1. The van der Waals surface area contributed by atoms with E-state index in [0.29, 0.717) is 12.8 Å². The van der Waals surface area contributed by atoms with E-state index in [1.807, 2.05) is 18.2 Å². The lowest BCUT2D eigenvalue weighted by Gasteiger charge is -2.24. The van der Waals surface area contributed by atoms with Crippen LogP contribution in [0.2, 0.25) is 0 Å². The van der Waals surface area contributed by atoms with Crippen LogP contribution in [0.25, 0.3) is 0 Å². The van der Waals surface area contributed by atoms with Gasteiger partial charge in [-0.3, -0.25) is 9.59 Å². The Morgan fingerprint density at radius 2 is 2.19 bits per heavy atom. The number of carbonyl (C=O) groups is 2. The van der Waals surface area contributed by atoms with E-state index in [-0.39, 0.29) is 12.2 Å². The molecule has 1 atom stereocenters. The molecule has 2 rings (SSSR count). The van der Waals surface area contributed by atoms with Crippen LogP contribution in [0.3, 0.4) is 0 Å². The smallest absolute Gasteiger partial charge is 0.304 e. The second-order valence-corrected chi connectivity index (χ2v) is 4.78. The van der Waals surface area contributed by atoms with Gasteiger partial charge in [0.1, 0.15) is 5.78 Å². The fraction of sp³-hybridized carbons (Fsp3) is 0.333. The van der Waals surface area contributed by atoms with Crippen LogP contribution in [0.5, 0.6) is 0 Å². The summed E-state index contributed by atoms with van der Waals surface area (Å²) < 4.78 is 0.837. The van der Waals surface area contributed by atoms with Crippen molar-refractivity contribution in [1.29, 1.82) is 0 Å². The number of Topliss-reactive ketones (excluding diaryl/α,β-unsaturated/α-hetero) is 1. The fourth-order valence-electron chi connectivity index (χ4n) is 2.17. The molecule has 1 aromatic rings. The molecule has 0 aliphatic heterocycles. The number of benzene rings is 1. The van der Waals surface area contributed by atoms with E-state index in [2.05, 4.69) is 15.9 Å². The van der Waals surface area contributed by atoms with Crippen LogP contribution in [-0.2, 0) is 16.0 Å². The first kappa shape index (κ1) is 11.3. The predicted octanol–water partition coefficient (Wildman–Crippen LogP) is 2.52. The average Bonchev–Trinajstić information content (AvgIpc) is 2.22. The Bertz CT molecular complexity index is 454. The zero-order valence-electron chi connectivity index (χ0n) is 8.57. The number of halogens is 1. The van der Waals surface area contributed by atoms with E-state index in [9.17, 15) is 9.59 Å². The molecule has 0 spiro atoms. The van der Waals surface area contributed by atoms with Crippen molar-refractivity contribution in [2.24, 2.45) is 0 Å². The Labute approximate surface area is 102 Å². The Kier molecular flexibility index (Phi) is 3.10. The van der Waals surface area contributed by atoms with E-state index >= 15 is 0 Å². The average molecular weight is 283 g/mol. The highest BCUT2D eigenvalue weighted by molar-refractivity contribution is 9.10. The molecule has 1 aliphatic rings. The van der Waals surface area contributed by atoms with Crippen molar-refractivity contribution in [3.05, 3.63) is 33.8 Å². The SMILES string of the molecule is O=C(O)CC1C(=O)CCc2cccc(Br)c21. The molecule has 0 saturated heterocycles. The fourth-order valence-corrected chi connectivity index (χ4v) is 2.86. The summed E-state index contributed by atoms with van der Waals surface area (Å²) in [5.74, 6) is -1.39. The Morgan fingerprint density at radius 3 is 2.88 bits per heavy atom. The van der Waals surface area contributed by atoms with Crippen molar-refractivity contribution in [2.45, 2.75) is 25.2 Å². The highest BCUT2D eigenvalue weighted by Crippen LogP contribution is 2.36. The summed E-state index contributed by atoms with van der Waals surface area (Å²) in [4.78, 5) is 22.5.